The number of carbonyl (C=O) groups excluding carboxylic acids is 1. The summed E-state index contributed by atoms with van der Waals surface area (Å²) < 4.78 is 5.29. The summed E-state index contributed by atoms with van der Waals surface area (Å²) in [7, 11) is 0. The van der Waals surface area contributed by atoms with Gasteiger partial charge in [0, 0.05) is 6.42 Å². The van der Waals surface area contributed by atoms with Crippen molar-refractivity contribution in [3.05, 3.63) is 35.9 Å². The van der Waals surface area contributed by atoms with E-state index in [1.54, 1.807) is 6.92 Å². The predicted molar refractivity (Wildman–Crippen MR) is 82.7 cm³/mol. The molecule has 5 heteroatoms. The van der Waals surface area contributed by atoms with Gasteiger partial charge in [-0.05, 0) is 18.9 Å². The number of rotatable bonds is 6. The van der Waals surface area contributed by atoms with Crippen LogP contribution in [-0.4, -0.2) is 28.1 Å². The second-order valence-corrected chi connectivity index (χ2v) is 5.99. The van der Waals surface area contributed by atoms with Crippen LogP contribution in [0.15, 0.2) is 30.3 Å². The Hall–Kier alpha value is -1.59. The Labute approximate surface area is 131 Å². The maximum atomic E-state index is 12.2. The highest BCUT2D eigenvalue weighted by Crippen LogP contribution is 2.32. The zero-order valence-corrected chi connectivity index (χ0v) is 13.3. The third kappa shape index (κ3) is 4.71. The number of benzene rings is 1. The van der Waals surface area contributed by atoms with Crippen LogP contribution in [0, 0.1) is 0 Å². The van der Waals surface area contributed by atoms with Gasteiger partial charge < -0.3 is 9.84 Å². The van der Waals surface area contributed by atoms with E-state index in [0.717, 1.165) is 31.2 Å². The van der Waals surface area contributed by atoms with Crippen LogP contribution in [0.1, 0.15) is 51.5 Å². The third-order valence-electron chi connectivity index (χ3n) is 3.77. The van der Waals surface area contributed by atoms with Crippen LogP contribution in [0.4, 0.5) is 4.79 Å². The van der Waals surface area contributed by atoms with E-state index in [0.29, 0.717) is 6.42 Å². The van der Waals surface area contributed by atoms with Crippen LogP contribution in [-0.2, 0) is 16.2 Å². The van der Waals surface area contributed by atoms with E-state index in [1.807, 2.05) is 30.3 Å². The van der Waals surface area contributed by atoms with Crippen molar-refractivity contribution in [2.24, 2.45) is 0 Å². The number of hydrogen-bond donors (Lipinski definition) is 1. The van der Waals surface area contributed by atoms with Crippen LogP contribution >= 0.6 is 0 Å². The van der Waals surface area contributed by atoms with E-state index in [9.17, 15) is 9.90 Å². The lowest BCUT2D eigenvalue weighted by molar-refractivity contribution is -0.261. The van der Waals surface area contributed by atoms with E-state index in [1.165, 1.54) is 5.06 Å². The van der Waals surface area contributed by atoms with E-state index in [-0.39, 0.29) is 12.6 Å². The molecule has 1 aliphatic rings. The second-order valence-electron chi connectivity index (χ2n) is 5.99. The number of hydrogen-bond acceptors (Lipinski definition) is 4. The van der Waals surface area contributed by atoms with E-state index >= 15 is 0 Å². The molecule has 2 rings (SSSR count). The fourth-order valence-corrected chi connectivity index (χ4v) is 2.66. The first-order valence-corrected chi connectivity index (χ1v) is 7.93. The number of nitrogens with zero attached hydrogens (tertiary/aromatic N) is 1. The Balaban J connectivity index is 1.90. The van der Waals surface area contributed by atoms with Gasteiger partial charge in [0.1, 0.15) is 6.61 Å². The van der Waals surface area contributed by atoms with Gasteiger partial charge in [0.05, 0.1) is 6.04 Å². The molecule has 22 heavy (non-hydrogen) atoms. The molecule has 2 atom stereocenters. The fraction of sp³-hybridized carbons (Fsp3) is 0.588. The molecule has 1 fully saturated rings. The molecule has 1 aliphatic heterocycles. The number of ether oxygens (including phenoxy) is 1. The molecular formula is C17H25NO4. The topological polar surface area (TPSA) is 59.0 Å². The van der Waals surface area contributed by atoms with Gasteiger partial charge in [-0.25, -0.2) is 9.63 Å². The summed E-state index contributed by atoms with van der Waals surface area (Å²) in [6.07, 6.45) is 3.90. The maximum absolute atomic E-state index is 12.2. The molecule has 1 N–H and O–H groups in total. The Morgan fingerprint density at radius 2 is 2.14 bits per heavy atom. The van der Waals surface area contributed by atoms with Crippen LogP contribution in [0.3, 0.4) is 0 Å². The molecule has 1 amide bonds. The predicted octanol–water partition coefficient (Wildman–Crippen LogP) is 3.62. The number of unbranched alkanes of at least 4 members (excludes halogenated alkanes) is 2. The number of hydroxylamine groups is 2. The van der Waals surface area contributed by atoms with Crippen molar-refractivity contribution in [3.63, 3.8) is 0 Å². The fourth-order valence-electron chi connectivity index (χ4n) is 2.66. The normalized spacial score (nSPS) is 24.5. The van der Waals surface area contributed by atoms with Crippen molar-refractivity contribution in [3.8, 4) is 0 Å². The molecule has 1 aromatic rings. The van der Waals surface area contributed by atoms with Gasteiger partial charge in [0.2, 0.25) is 0 Å². The van der Waals surface area contributed by atoms with Gasteiger partial charge in [0.25, 0.3) is 0 Å². The molecule has 1 saturated heterocycles. The molecule has 1 unspecified atom stereocenters. The van der Waals surface area contributed by atoms with Gasteiger partial charge in [0.15, 0.2) is 5.79 Å². The first-order chi connectivity index (χ1) is 10.5. The molecule has 0 saturated carbocycles. The summed E-state index contributed by atoms with van der Waals surface area (Å²) in [4.78, 5) is 17.6. The quantitative estimate of drug-likeness (QED) is 0.816. The van der Waals surface area contributed by atoms with Gasteiger partial charge in [-0.15, -0.1) is 0 Å². The summed E-state index contributed by atoms with van der Waals surface area (Å²) in [5.74, 6) is -1.30. The van der Waals surface area contributed by atoms with Crippen molar-refractivity contribution >= 4 is 6.09 Å². The lowest BCUT2D eigenvalue weighted by Crippen LogP contribution is -2.36. The number of carbonyl (C=O) groups is 1. The Morgan fingerprint density at radius 1 is 1.41 bits per heavy atom. The molecule has 0 spiro atoms. The third-order valence-corrected chi connectivity index (χ3v) is 3.77. The molecule has 122 valence electrons. The second kappa shape index (κ2) is 7.61. The van der Waals surface area contributed by atoms with E-state index < -0.39 is 11.9 Å². The lowest BCUT2D eigenvalue weighted by atomic mass is 10.0. The molecule has 0 radical (unpaired) electrons. The monoisotopic (exact) mass is 307 g/mol. The maximum Gasteiger partial charge on any atom is 0.434 e. The summed E-state index contributed by atoms with van der Waals surface area (Å²) in [6.45, 7) is 3.90. The SMILES string of the molecule is CCCCCC1C[C@@](C)(O)ON1C(=O)OCc1ccccc1. The Bertz CT molecular complexity index is 475. The highest BCUT2D eigenvalue weighted by molar-refractivity contribution is 5.67. The molecule has 5 nitrogen and oxygen atoms in total. The number of amides is 1. The van der Waals surface area contributed by atoms with Crippen molar-refractivity contribution < 1.29 is 19.5 Å². The van der Waals surface area contributed by atoms with Gasteiger partial charge >= 0.3 is 6.09 Å². The first kappa shape index (κ1) is 16.8. The molecule has 1 aromatic carbocycles. The lowest BCUT2D eigenvalue weighted by Gasteiger charge is -2.22. The van der Waals surface area contributed by atoms with Gasteiger partial charge in [-0.3, -0.25) is 0 Å². The first-order valence-electron chi connectivity index (χ1n) is 7.93. The number of aliphatic hydroxyl groups is 1. The molecular weight excluding hydrogens is 282 g/mol. The minimum absolute atomic E-state index is 0.134. The zero-order valence-electron chi connectivity index (χ0n) is 13.3. The summed E-state index contributed by atoms with van der Waals surface area (Å²) in [6, 6.07) is 9.36. The average molecular weight is 307 g/mol. The van der Waals surface area contributed by atoms with Crippen molar-refractivity contribution in [1.82, 2.24) is 5.06 Å². The highest BCUT2D eigenvalue weighted by Gasteiger charge is 2.44. The van der Waals surface area contributed by atoms with Crippen molar-refractivity contribution in [2.45, 2.75) is 64.4 Å². The minimum Gasteiger partial charge on any atom is -0.443 e. The van der Waals surface area contributed by atoms with Crippen LogP contribution in [0.25, 0.3) is 0 Å². The standard InChI is InChI=1S/C17H25NO4/c1-3-4-6-11-15-12-17(2,20)22-18(15)16(19)21-13-14-9-7-5-8-10-14/h5,7-10,15,20H,3-4,6,11-13H2,1-2H3/t15?,17-/m0/s1. The smallest absolute Gasteiger partial charge is 0.434 e. The summed E-state index contributed by atoms with van der Waals surface area (Å²) in [5, 5.41) is 11.3. The van der Waals surface area contributed by atoms with Crippen LogP contribution in [0.2, 0.25) is 0 Å². The molecule has 1 heterocycles. The highest BCUT2D eigenvalue weighted by atomic mass is 16.8. The minimum atomic E-state index is -1.30. The van der Waals surface area contributed by atoms with E-state index in [4.69, 9.17) is 9.57 Å². The molecule has 0 aromatic heterocycles. The Morgan fingerprint density at radius 3 is 2.82 bits per heavy atom. The van der Waals surface area contributed by atoms with Crippen LogP contribution < -0.4 is 0 Å². The Kier molecular flexibility index (Phi) is 5.80. The molecule has 0 aliphatic carbocycles. The summed E-state index contributed by atoms with van der Waals surface area (Å²) >= 11 is 0. The van der Waals surface area contributed by atoms with E-state index in [2.05, 4.69) is 6.92 Å². The zero-order chi connectivity index (χ0) is 16.0. The van der Waals surface area contributed by atoms with Crippen molar-refractivity contribution in [1.29, 1.82) is 0 Å². The largest absolute Gasteiger partial charge is 0.443 e. The average Bonchev–Trinajstić information content (AvgIpc) is 2.81. The molecule has 0 bridgehead atoms. The van der Waals surface area contributed by atoms with Gasteiger partial charge in [-0.2, -0.15) is 5.06 Å². The van der Waals surface area contributed by atoms with Crippen LogP contribution in [0.5, 0.6) is 0 Å². The summed E-state index contributed by atoms with van der Waals surface area (Å²) in [5.41, 5.74) is 0.921. The van der Waals surface area contributed by atoms with Crippen molar-refractivity contribution in [2.75, 3.05) is 0 Å². The van der Waals surface area contributed by atoms with Gasteiger partial charge in [-0.1, -0.05) is 56.5 Å².